The maximum Gasteiger partial charge on any atom is 0.498 e. The maximum atomic E-state index is 13.1. The van der Waals surface area contributed by atoms with Crippen molar-refractivity contribution in [3.05, 3.63) is 46.3 Å². The highest BCUT2D eigenvalue weighted by molar-refractivity contribution is 6.63. The summed E-state index contributed by atoms with van der Waals surface area (Å²) in [4.78, 5) is 0. The molecule has 28 heavy (non-hydrogen) atoms. The average molecular weight is 394 g/mol. The Morgan fingerprint density at radius 3 is 2.14 bits per heavy atom. The van der Waals surface area contributed by atoms with Gasteiger partial charge in [0, 0.05) is 11.2 Å². The Hall–Kier alpha value is -1.80. The van der Waals surface area contributed by atoms with Crippen LogP contribution in [0.2, 0.25) is 0 Å². The summed E-state index contributed by atoms with van der Waals surface area (Å²) in [7, 11) is -0.554. The van der Waals surface area contributed by atoms with E-state index in [0.717, 1.165) is 28.5 Å². The fourth-order valence-corrected chi connectivity index (χ4v) is 3.35. The van der Waals surface area contributed by atoms with Crippen LogP contribution in [0.15, 0.2) is 18.2 Å². The van der Waals surface area contributed by atoms with E-state index >= 15 is 0 Å². The Morgan fingerprint density at radius 1 is 1.04 bits per heavy atom. The van der Waals surface area contributed by atoms with Gasteiger partial charge in [0.1, 0.15) is 0 Å². The lowest BCUT2D eigenvalue weighted by atomic mass is 9.77. The molecule has 0 atom stereocenters. The van der Waals surface area contributed by atoms with Crippen LogP contribution in [-0.4, -0.2) is 28.1 Å². The van der Waals surface area contributed by atoms with Crippen LogP contribution in [0, 0.1) is 20.8 Å². The zero-order chi connectivity index (χ0) is 21.1. The topological polar surface area (TPSA) is 36.3 Å². The summed E-state index contributed by atoms with van der Waals surface area (Å²) in [5, 5.41) is 4.55. The molecule has 1 aromatic heterocycles. The number of aryl methyl sites for hydroxylation is 2. The number of aromatic nitrogens is 2. The van der Waals surface area contributed by atoms with Gasteiger partial charge in [0.2, 0.25) is 0 Å². The summed E-state index contributed by atoms with van der Waals surface area (Å²) in [5.74, 6) is 0. The smallest absolute Gasteiger partial charge is 0.399 e. The number of halogens is 3. The largest absolute Gasteiger partial charge is 0.498 e. The predicted octanol–water partition coefficient (Wildman–Crippen LogP) is 4.17. The van der Waals surface area contributed by atoms with Gasteiger partial charge in [-0.15, -0.1) is 0 Å². The molecule has 0 radical (unpaired) electrons. The first-order valence-electron chi connectivity index (χ1n) is 9.29. The van der Waals surface area contributed by atoms with Gasteiger partial charge >= 0.3 is 13.3 Å². The molecule has 3 rings (SSSR count). The van der Waals surface area contributed by atoms with E-state index in [9.17, 15) is 13.2 Å². The first kappa shape index (κ1) is 20.9. The molecule has 8 heteroatoms. The lowest BCUT2D eigenvalue weighted by Gasteiger charge is -2.32. The second-order valence-electron chi connectivity index (χ2n) is 8.47. The quantitative estimate of drug-likeness (QED) is 0.734. The van der Waals surface area contributed by atoms with Crippen LogP contribution < -0.4 is 5.46 Å². The number of nitrogens with zero attached hydrogens (tertiary/aromatic N) is 2. The van der Waals surface area contributed by atoms with Gasteiger partial charge in [-0.05, 0) is 71.7 Å². The van der Waals surface area contributed by atoms with Crippen LogP contribution in [0.4, 0.5) is 13.2 Å². The van der Waals surface area contributed by atoms with Gasteiger partial charge in [-0.25, -0.2) is 0 Å². The van der Waals surface area contributed by atoms with Crippen molar-refractivity contribution in [3.8, 4) is 0 Å². The molecule has 1 aromatic carbocycles. The van der Waals surface area contributed by atoms with Crippen LogP contribution in [0.1, 0.15) is 55.8 Å². The molecule has 4 nitrogen and oxygen atoms in total. The van der Waals surface area contributed by atoms with E-state index in [2.05, 4.69) is 5.10 Å². The molecule has 0 amide bonds. The Bertz CT molecular complexity index is 888. The Balaban J connectivity index is 1.94. The Kier molecular flexibility index (Phi) is 4.95. The zero-order valence-corrected chi connectivity index (χ0v) is 17.4. The predicted molar refractivity (Wildman–Crippen MR) is 103 cm³/mol. The zero-order valence-electron chi connectivity index (χ0n) is 17.4. The first-order chi connectivity index (χ1) is 12.7. The maximum absolute atomic E-state index is 13.1. The van der Waals surface area contributed by atoms with Crippen molar-refractivity contribution in [3.63, 3.8) is 0 Å². The molecule has 152 valence electrons. The van der Waals surface area contributed by atoms with E-state index in [0.29, 0.717) is 5.56 Å². The minimum absolute atomic E-state index is 0.252. The second kappa shape index (κ2) is 6.63. The number of rotatable bonds is 3. The van der Waals surface area contributed by atoms with Crippen molar-refractivity contribution in [2.45, 2.75) is 72.4 Å². The lowest BCUT2D eigenvalue weighted by Crippen LogP contribution is -2.41. The van der Waals surface area contributed by atoms with Gasteiger partial charge in [0.05, 0.1) is 29.0 Å². The van der Waals surface area contributed by atoms with Crippen LogP contribution >= 0.6 is 0 Å². The molecule has 0 N–H and O–H groups in total. The highest BCUT2D eigenvalue weighted by Crippen LogP contribution is 2.37. The van der Waals surface area contributed by atoms with Gasteiger partial charge in [-0.1, -0.05) is 6.07 Å². The van der Waals surface area contributed by atoms with Gasteiger partial charge in [0.25, 0.3) is 0 Å². The van der Waals surface area contributed by atoms with E-state index in [1.165, 1.54) is 12.1 Å². The fraction of sp³-hybridized carbons (Fsp3) is 0.550. The van der Waals surface area contributed by atoms with Crippen molar-refractivity contribution >= 4 is 12.6 Å². The van der Waals surface area contributed by atoms with Crippen molar-refractivity contribution in [2.75, 3.05) is 0 Å². The third kappa shape index (κ3) is 3.60. The second-order valence-corrected chi connectivity index (χ2v) is 8.47. The van der Waals surface area contributed by atoms with E-state index in [1.54, 1.807) is 11.6 Å². The molecule has 1 aliphatic heterocycles. The van der Waals surface area contributed by atoms with Crippen molar-refractivity contribution in [1.29, 1.82) is 0 Å². The molecule has 1 saturated heterocycles. The molecule has 0 spiro atoms. The molecule has 1 aliphatic rings. The normalized spacial score (nSPS) is 18.7. The minimum Gasteiger partial charge on any atom is -0.399 e. The highest BCUT2D eigenvalue weighted by Gasteiger charge is 2.53. The highest BCUT2D eigenvalue weighted by atomic mass is 19.4. The third-order valence-electron chi connectivity index (χ3n) is 5.92. The van der Waals surface area contributed by atoms with Crippen LogP contribution in [0.5, 0.6) is 0 Å². The molecule has 2 aromatic rings. The minimum atomic E-state index is -4.37. The average Bonchev–Trinajstić information content (AvgIpc) is 2.92. The summed E-state index contributed by atoms with van der Waals surface area (Å²) in [6, 6.07) is 3.80. The van der Waals surface area contributed by atoms with Crippen LogP contribution in [-0.2, 0) is 22.0 Å². The summed E-state index contributed by atoms with van der Waals surface area (Å²) >= 11 is 0. The first-order valence-corrected chi connectivity index (χ1v) is 9.29. The summed E-state index contributed by atoms with van der Waals surface area (Å²) < 4.78 is 53.2. The standard InChI is InChI=1S/C20H26BF3N2O2/c1-12-8-9-16(20(22,23)24)10-15(12)11-26-14(3)17(13(2)25-26)21-27-18(4,5)19(6,7)28-21/h8-10H,11H2,1-7H3. The Labute approximate surface area is 164 Å². The van der Waals surface area contributed by atoms with Gasteiger partial charge in [-0.3, -0.25) is 4.68 Å². The number of hydrogen-bond acceptors (Lipinski definition) is 3. The number of hydrogen-bond donors (Lipinski definition) is 0. The Morgan fingerprint density at radius 2 is 1.61 bits per heavy atom. The number of alkyl halides is 3. The number of benzene rings is 1. The SMILES string of the molecule is Cc1ccc(C(F)(F)F)cc1Cn1nc(C)c(B2OC(C)(C)C(C)(C)O2)c1C. The monoisotopic (exact) mass is 394 g/mol. The molecule has 0 saturated carbocycles. The fourth-order valence-electron chi connectivity index (χ4n) is 3.35. The van der Waals surface area contributed by atoms with Gasteiger partial charge in [0.15, 0.2) is 0 Å². The molecule has 0 aliphatic carbocycles. The molecule has 0 bridgehead atoms. The van der Waals surface area contributed by atoms with E-state index in [1.807, 2.05) is 41.5 Å². The van der Waals surface area contributed by atoms with E-state index in [-0.39, 0.29) is 6.54 Å². The van der Waals surface area contributed by atoms with E-state index in [4.69, 9.17) is 9.31 Å². The molecule has 1 fully saturated rings. The molecule has 0 unspecified atom stereocenters. The van der Waals surface area contributed by atoms with Crippen molar-refractivity contribution in [2.24, 2.45) is 0 Å². The van der Waals surface area contributed by atoms with Crippen LogP contribution in [0.3, 0.4) is 0 Å². The molecular weight excluding hydrogens is 368 g/mol. The van der Waals surface area contributed by atoms with Crippen LogP contribution in [0.25, 0.3) is 0 Å². The van der Waals surface area contributed by atoms with Crippen molar-refractivity contribution in [1.82, 2.24) is 9.78 Å². The summed E-state index contributed by atoms with van der Waals surface area (Å²) in [5.41, 5.74) is 2.18. The lowest BCUT2D eigenvalue weighted by molar-refractivity contribution is -0.137. The third-order valence-corrected chi connectivity index (χ3v) is 5.92. The molecule has 2 heterocycles. The van der Waals surface area contributed by atoms with E-state index < -0.39 is 30.1 Å². The summed E-state index contributed by atoms with van der Waals surface area (Å²) in [6.07, 6.45) is -4.37. The van der Waals surface area contributed by atoms with Crippen molar-refractivity contribution < 1.29 is 22.5 Å². The molecular formula is C20H26BF3N2O2. The van der Waals surface area contributed by atoms with Gasteiger partial charge < -0.3 is 9.31 Å². The summed E-state index contributed by atoms with van der Waals surface area (Å²) in [6.45, 7) is 13.7. The van der Waals surface area contributed by atoms with Gasteiger partial charge in [-0.2, -0.15) is 18.3 Å².